The Morgan fingerprint density at radius 3 is 2.56 bits per heavy atom. The predicted molar refractivity (Wildman–Crippen MR) is 106 cm³/mol. The van der Waals surface area contributed by atoms with E-state index in [9.17, 15) is 18.0 Å². The molecule has 0 saturated heterocycles. The van der Waals surface area contributed by atoms with Gasteiger partial charge in [-0.05, 0) is 35.9 Å². The first kappa shape index (κ1) is 19.2. The summed E-state index contributed by atoms with van der Waals surface area (Å²) in [5, 5.41) is 8.06. The van der Waals surface area contributed by atoms with Gasteiger partial charge in [0.2, 0.25) is 15.9 Å². The predicted octanol–water partition coefficient (Wildman–Crippen LogP) is 1.59. The van der Waals surface area contributed by atoms with Gasteiger partial charge in [0.15, 0.2) is 0 Å². The number of hydrogen-bond acceptors (Lipinski definition) is 5. The molecule has 3 rings (SSSR count). The fourth-order valence-corrected chi connectivity index (χ4v) is 3.53. The maximum Gasteiger partial charge on any atom is 0.261 e. The lowest BCUT2D eigenvalue weighted by Gasteiger charge is -2.09. The quantitative estimate of drug-likeness (QED) is 0.610. The Bertz CT molecular complexity index is 1170. The molecular formula is C17H15BrN4O4S. The van der Waals surface area contributed by atoms with Gasteiger partial charge >= 0.3 is 0 Å². The van der Waals surface area contributed by atoms with Gasteiger partial charge in [0.25, 0.3) is 5.56 Å². The number of fused-ring (bicyclic) bond motifs is 1. The van der Waals surface area contributed by atoms with Gasteiger partial charge in [-0.2, -0.15) is 0 Å². The third-order valence-electron chi connectivity index (χ3n) is 3.71. The molecule has 0 fully saturated rings. The van der Waals surface area contributed by atoms with Crippen LogP contribution in [-0.4, -0.2) is 23.9 Å². The van der Waals surface area contributed by atoms with Crippen LogP contribution in [0, 0.1) is 0 Å². The maximum atomic E-state index is 12.5. The van der Waals surface area contributed by atoms with Gasteiger partial charge < -0.3 is 5.32 Å². The van der Waals surface area contributed by atoms with Crippen LogP contribution in [0.4, 0.5) is 5.69 Å². The van der Waals surface area contributed by atoms with Crippen LogP contribution in [0.2, 0.25) is 0 Å². The number of carbonyl (C=O) groups is 1. The van der Waals surface area contributed by atoms with Gasteiger partial charge in [-0.3, -0.25) is 14.2 Å². The molecule has 140 valence electrons. The van der Waals surface area contributed by atoms with Gasteiger partial charge in [-0.1, -0.05) is 28.1 Å². The molecule has 2 aromatic carbocycles. The summed E-state index contributed by atoms with van der Waals surface area (Å²) in [4.78, 5) is 28.9. The summed E-state index contributed by atoms with van der Waals surface area (Å²) in [5.41, 5.74) is 1.21. The van der Waals surface area contributed by atoms with Gasteiger partial charge in [0, 0.05) is 10.2 Å². The van der Waals surface area contributed by atoms with Gasteiger partial charge in [0.05, 0.1) is 23.0 Å². The SMILES string of the molecule is NS(=O)(=O)Cc1ccc(NC(=O)Cn2cnc3ccc(Br)cc3c2=O)cc1. The van der Waals surface area contributed by atoms with E-state index in [1.807, 2.05) is 0 Å². The summed E-state index contributed by atoms with van der Waals surface area (Å²) in [7, 11) is -3.62. The van der Waals surface area contributed by atoms with E-state index in [2.05, 4.69) is 26.2 Å². The van der Waals surface area contributed by atoms with Gasteiger partial charge in [0.1, 0.15) is 6.54 Å². The second-order valence-electron chi connectivity index (χ2n) is 5.89. The molecule has 0 saturated carbocycles. The van der Waals surface area contributed by atoms with Crippen molar-refractivity contribution < 1.29 is 13.2 Å². The van der Waals surface area contributed by atoms with Crippen LogP contribution < -0.4 is 16.0 Å². The molecule has 1 aromatic heterocycles. The molecule has 1 amide bonds. The molecule has 8 nitrogen and oxygen atoms in total. The van der Waals surface area contributed by atoms with E-state index in [0.29, 0.717) is 22.2 Å². The van der Waals surface area contributed by atoms with Crippen molar-refractivity contribution in [2.75, 3.05) is 5.32 Å². The highest BCUT2D eigenvalue weighted by atomic mass is 79.9. The number of aromatic nitrogens is 2. The van der Waals surface area contributed by atoms with Gasteiger partial charge in [-0.25, -0.2) is 18.5 Å². The van der Waals surface area contributed by atoms with Crippen molar-refractivity contribution in [3.05, 3.63) is 69.2 Å². The Balaban J connectivity index is 1.73. The fraction of sp³-hybridized carbons (Fsp3) is 0.118. The summed E-state index contributed by atoms with van der Waals surface area (Å²) in [6.07, 6.45) is 1.33. The third kappa shape index (κ3) is 5.00. The largest absolute Gasteiger partial charge is 0.325 e. The molecule has 0 unspecified atom stereocenters. The number of nitrogens with zero attached hydrogens (tertiary/aromatic N) is 2. The summed E-state index contributed by atoms with van der Waals surface area (Å²) >= 11 is 3.31. The van der Waals surface area contributed by atoms with E-state index in [-0.39, 0.29) is 17.9 Å². The fourth-order valence-electron chi connectivity index (χ4n) is 2.52. The Morgan fingerprint density at radius 2 is 1.89 bits per heavy atom. The van der Waals surface area contributed by atoms with E-state index in [1.54, 1.807) is 42.5 Å². The number of nitrogens with two attached hydrogens (primary N) is 1. The number of sulfonamides is 1. The molecule has 27 heavy (non-hydrogen) atoms. The Labute approximate surface area is 163 Å². The van der Waals surface area contributed by atoms with E-state index in [4.69, 9.17) is 5.14 Å². The number of anilines is 1. The number of rotatable bonds is 5. The third-order valence-corrected chi connectivity index (χ3v) is 4.93. The van der Waals surface area contributed by atoms with Crippen LogP contribution in [0.1, 0.15) is 5.56 Å². The minimum atomic E-state index is -3.62. The monoisotopic (exact) mass is 450 g/mol. The number of halogens is 1. The molecule has 0 radical (unpaired) electrons. The molecule has 10 heteroatoms. The van der Waals surface area contributed by atoms with Crippen molar-refractivity contribution >= 4 is 48.5 Å². The van der Waals surface area contributed by atoms with E-state index in [1.165, 1.54) is 10.9 Å². The van der Waals surface area contributed by atoms with Crippen LogP contribution >= 0.6 is 15.9 Å². The Morgan fingerprint density at radius 1 is 1.19 bits per heavy atom. The van der Waals surface area contributed by atoms with E-state index < -0.39 is 15.9 Å². The lowest BCUT2D eigenvalue weighted by Crippen LogP contribution is -2.27. The Kier molecular flexibility index (Phi) is 5.40. The van der Waals surface area contributed by atoms with Crippen molar-refractivity contribution in [2.45, 2.75) is 12.3 Å². The highest BCUT2D eigenvalue weighted by molar-refractivity contribution is 9.10. The number of nitrogens with one attached hydrogen (secondary N) is 1. The summed E-state index contributed by atoms with van der Waals surface area (Å²) in [5.74, 6) is -0.693. The lowest BCUT2D eigenvalue weighted by molar-refractivity contribution is -0.116. The van der Waals surface area contributed by atoms with E-state index in [0.717, 1.165) is 4.47 Å². The van der Waals surface area contributed by atoms with Crippen molar-refractivity contribution in [3.8, 4) is 0 Å². The topological polar surface area (TPSA) is 124 Å². The minimum absolute atomic E-state index is 0.201. The van der Waals surface area contributed by atoms with Crippen LogP contribution in [0.25, 0.3) is 10.9 Å². The Hall–Kier alpha value is -2.56. The standard InChI is InChI=1S/C17H15BrN4O4S/c18-12-3-6-15-14(7-12)17(24)22(10-20-15)8-16(23)21-13-4-1-11(2-5-13)9-27(19,25)26/h1-7,10H,8-9H2,(H,21,23)(H2,19,25,26). The minimum Gasteiger partial charge on any atom is -0.325 e. The average molecular weight is 451 g/mol. The second kappa shape index (κ2) is 7.59. The first-order chi connectivity index (χ1) is 12.7. The zero-order chi connectivity index (χ0) is 19.6. The number of hydrogen-bond donors (Lipinski definition) is 2. The molecule has 0 bridgehead atoms. The highest BCUT2D eigenvalue weighted by Gasteiger charge is 2.10. The average Bonchev–Trinajstić information content (AvgIpc) is 2.58. The van der Waals surface area contributed by atoms with Crippen LogP contribution in [0.3, 0.4) is 0 Å². The smallest absolute Gasteiger partial charge is 0.261 e. The van der Waals surface area contributed by atoms with Crippen molar-refractivity contribution in [3.63, 3.8) is 0 Å². The molecule has 0 aliphatic rings. The van der Waals surface area contributed by atoms with Crippen LogP contribution in [0.15, 0.2) is 58.1 Å². The lowest BCUT2D eigenvalue weighted by atomic mass is 10.2. The molecule has 0 atom stereocenters. The molecule has 0 aliphatic heterocycles. The summed E-state index contributed by atoms with van der Waals surface area (Å²) in [6, 6.07) is 11.4. The first-order valence-electron chi connectivity index (χ1n) is 7.75. The molecule has 3 N–H and O–H groups in total. The number of primary sulfonamides is 1. The highest BCUT2D eigenvalue weighted by Crippen LogP contribution is 2.15. The zero-order valence-corrected chi connectivity index (χ0v) is 16.3. The second-order valence-corrected chi connectivity index (χ2v) is 8.42. The van der Waals surface area contributed by atoms with Crippen molar-refractivity contribution in [1.29, 1.82) is 0 Å². The molecule has 0 spiro atoms. The van der Waals surface area contributed by atoms with E-state index >= 15 is 0 Å². The first-order valence-corrected chi connectivity index (χ1v) is 10.3. The molecule has 0 aliphatic carbocycles. The molecule has 1 heterocycles. The normalized spacial score (nSPS) is 11.5. The van der Waals surface area contributed by atoms with Crippen LogP contribution in [0.5, 0.6) is 0 Å². The van der Waals surface area contributed by atoms with Crippen LogP contribution in [-0.2, 0) is 27.1 Å². The summed E-state index contributed by atoms with van der Waals surface area (Å²) in [6.45, 7) is -0.201. The number of amides is 1. The summed E-state index contributed by atoms with van der Waals surface area (Å²) < 4.78 is 24.1. The van der Waals surface area contributed by atoms with Crippen molar-refractivity contribution in [1.82, 2.24) is 9.55 Å². The molecular weight excluding hydrogens is 436 g/mol. The van der Waals surface area contributed by atoms with Crippen molar-refractivity contribution in [2.24, 2.45) is 5.14 Å². The van der Waals surface area contributed by atoms with Gasteiger partial charge in [-0.15, -0.1) is 0 Å². The maximum absolute atomic E-state index is 12.5. The zero-order valence-electron chi connectivity index (χ0n) is 13.9. The number of benzene rings is 2. The molecule has 3 aromatic rings. The number of carbonyl (C=O) groups excluding carboxylic acids is 1.